The summed E-state index contributed by atoms with van der Waals surface area (Å²) in [6.07, 6.45) is 0. The van der Waals surface area contributed by atoms with Gasteiger partial charge in [-0.1, -0.05) is 0 Å². The van der Waals surface area contributed by atoms with Gasteiger partial charge in [-0.15, -0.1) is 0 Å². The van der Waals surface area contributed by atoms with E-state index in [2.05, 4.69) is 133 Å². The van der Waals surface area contributed by atoms with Gasteiger partial charge in [-0.2, -0.15) is 0 Å². The van der Waals surface area contributed by atoms with Crippen LogP contribution in [-0.2, 0) is 20.4 Å². The largest absolute Gasteiger partial charge is 1.00 e. The van der Waals surface area contributed by atoms with E-state index in [1.54, 1.807) is 5.57 Å². The average molecular weight is 548 g/mol. The zero-order valence-corrected chi connectivity index (χ0v) is 24.5. The Balaban J connectivity index is 0.00000181. The summed E-state index contributed by atoms with van der Waals surface area (Å²) in [7, 11) is -1.40. The van der Waals surface area contributed by atoms with E-state index in [0.29, 0.717) is 0 Å². The third-order valence-electron chi connectivity index (χ3n) is 6.82. The van der Waals surface area contributed by atoms with Crippen LogP contribution >= 0.6 is 0 Å². The van der Waals surface area contributed by atoms with E-state index in [1.807, 2.05) is 0 Å². The molecule has 0 bridgehead atoms. The molecule has 0 heterocycles. The second-order valence-corrected chi connectivity index (χ2v) is 12.8. The van der Waals surface area contributed by atoms with Crippen LogP contribution in [0, 0.1) is 6.92 Å². The molecule has 1 atom stereocenters. The summed E-state index contributed by atoms with van der Waals surface area (Å²) in [6.45, 7) is 9.16. The van der Waals surface area contributed by atoms with Crippen LogP contribution in [0.25, 0.3) is 5.57 Å². The Kier molecular flexibility index (Phi) is 11.4. The van der Waals surface area contributed by atoms with Crippen molar-refractivity contribution in [1.82, 2.24) is 0 Å². The van der Waals surface area contributed by atoms with Gasteiger partial charge >= 0.3 is 195 Å². The zero-order valence-electron chi connectivity index (χ0n) is 19.5. The molecule has 0 radical (unpaired) electrons. The summed E-state index contributed by atoms with van der Waals surface area (Å²) >= 11 is 2.49. The Morgan fingerprint density at radius 1 is 0.636 bits per heavy atom. The number of benzene rings is 3. The Morgan fingerprint density at radius 2 is 1.09 bits per heavy atom. The van der Waals surface area contributed by atoms with Gasteiger partial charge in [-0.25, -0.2) is 0 Å². The molecule has 0 fully saturated rings. The second kappa shape index (κ2) is 12.6. The van der Waals surface area contributed by atoms with E-state index in [0.717, 1.165) is 0 Å². The maximum atomic E-state index is 2.49. The Morgan fingerprint density at radius 3 is 1.55 bits per heavy atom. The molecule has 3 aromatic rings. The number of hydrogen-bond donors (Lipinski definition) is 0. The third-order valence-corrected chi connectivity index (χ3v) is 12.2. The molecule has 0 N–H and O–H groups in total. The van der Waals surface area contributed by atoms with Crippen LogP contribution in [0.4, 0.5) is 0 Å². The Labute approximate surface area is 231 Å². The molecule has 5 heteroatoms. The normalized spacial score (nSPS) is 17.4. The molecule has 0 spiro atoms. The molecule has 0 saturated carbocycles. The molecule has 4 rings (SSSR count). The van der Waals surface area contributed by atoms with Gasteiger partial charge in [0.05, 0.1) is 0 Å². The minimum Gasteiger partial charge on any atom is -1.00 e. The second-order valence-electron chi connectivity index (χ2n) is 8.60. The first kappa shape index (κ1) is 30.0. The molecule has 0 amide bonds. The van der Waals surface area contributed by atoms with E-state index in [1.165, 1.54) is 44.3 Å². The predicted octanol–water partition coefficient (Wildman–Crippen LogP) is -3.12. The molecular formula is C28H29Cl3SiTi. The number of hydrogen-bond acceptors (Lipinski definition) is 0. The van der Waals surface area contributed by atoms with E-state index in [-0.39, 0.29) is 40.9 Å². The maximum Gasteiger partial charge on any atom is -1.00 e. The fourth-order valence-electron chi connectivity index (χ4n) is 4.84. The van der Waals surface area contributed by atoms with Crippen LogP contribution in [0.5, 0.6) is 0 Å². The first-order chi connectivity index (χ1) is 14.4. The minimum atomic E-state index is -1.40. The molecule has 33 heavy (non-hydrogen) atoms. The van der Waals surface area contributed by atoms with Crippen LogP contribution in [0.15, 0.2) is 102 Å². The Bertz CT molecular complexity index is 1070. The van der Waals surface area contributed by atoms with Crippen molar-refractivity contribution in [2.45, 2.75) is 37.5 Å². The topological polar surface area (TPSA) is 0 Å². The minimum absolute atomic E-state index is 0. The fraction of sp³-hybridized carbons (Fsp3) is 0.214. The predicted molar refractivity (Wildman–Crippen MR) is 129 cm³/mol. The van der Waals surface area contributed by atoms with Crippen molar-refractivity contribution in [2.24, 2.45) is 0 Å². The standard InChI is InChI=1S/C28H29Si.3ClH.Ti/c1-20-15-17-24(18-16-20)28-23(4)21(2)22(3)27(28)19-29(25-11-7-5-8-12-25)26-13-9-6-10-14-26;;;;/h5-18,29H,19H2,1-4H3;3*1H;/q;;;;+3/p-3. The summed E-state index contributed by atoms with van der Waals surface area (Å²) in [6, 6.07) is 32.8. The summed E-state index contributed by atoms with van der Waals surface area (Å²) in [5, 5.41) is 3.06. The van der Waals surface area contributed by atoms with E-state index >= 15 is 0 Å². The zero-order chi connectivity index (χ0) is 21.3. The number of aryl methyl sites for hydroxylation is 1. The number of allylic oxidation sites excluding steroid dienone is 4. The molecule has 0 nitrogen and oxygen atoms in total. The maximum absolute atomic E-state index is 2.49. The van der Waals surface area contributed by atoms with Crippen LogP contribution in [-0.4, -0.2) is 8.80 Å². The van der Waals surface area contributed by atoms with Crippen LogP contribution in [0.2, 0.25) is 9.76 Å². The summed E-state index contributed by atoms with van der Waals surface area (Å²) in [4.78, 5) is 0. The molecule has 170 valence electrons. The smallest absolute Gasteiger partial charge is 1.00 e. The van der Waals surface area contributed by atoms with Crippen LogP contribution < -0.4 is 47.6 Å². The molecule has 0 aromatic heterocycles. The van der Waals surface area contributed by atoms with Gasteiger partial charge in [0.15, 0.2) is 0 Å². The van der Waals surface area contributed by atoms with Crippen molar-refractivity contribution in [3.8, 4) is 0 Å². The quantitative estimate of drug-likeness (QED) is 0.297. The average Bonchev–Trinajstić information content (AvgIpc) is 2.94. The van der Waals surface area contributed by atoms with Crippen molar-refractivity contribution >= 4 is 24.7 Å². The Hall–Kier alpha value is -1.06. The van der Waals surface area contributed by atoms with Crippen molar-refractivity contribution in [3.63, 3.8) is 0 Å². The molecule has 0 saturated heterocycles. The van der Waals surface area contributed by atoms with Gasteiger partial charge < -0.3 is 37.2 Å². The van der Waals surface area contributed by atoms with Gasteiger partial charge in [-0.3, -0.25) is 0 Å². The van der Waals surface area contributed by atoms with E-state index in [4.69, 9.17) is 0 Å². The van der Waals surface area contributed by atoms with E-state index < -0.39 is 8.80 Å². The molecule has 1 unspecified atom stereocenters. The van der Waals surface area contributed by atoms with Crippen molar-refractivity contribution in [1.29, 1.82) is 0 Å². The molecule has 3 aromatic carbocycles. The van der Waals surface area contributed by atoms with Crippen LogP contribution in [0.1, 0.15) is 31.9 Å². The number of halogens is 3. The van der Waals surface area contributed by atoms with Gasteiger partial charge in [0.25, 0.3) is 0 Å². The summed E-state index contributed by atoms with van der Waals surface area (Å²) < 4.78 is 0.0615. The fourth-order valence-corrected chi connectivity index (χ4v) is 9.96. The van der Waals surface area contributed by atoms with E-state index in [9.17, 15) is 0 Å². The van der Waals surface area contributed by atoms with Crippen molar-refractivity contribution in [3.05, 3.63) is 113 Å². The molecule has 0 aliphatic heterocycles. The van der Waals surface area contributed by atoms with Gasteiger partial charge in [0.1, 0.15) is 0 Å². The molecular weight excluding hydrogens is 519 g/mol. The van der Waals surface area contributed by atoms with Gasteiger partial charge in [0, 0.05) is 0 Å². The van der Waals surface area contributed by atoms with Gasteiger partial charge in [-0.05, 0) is 0 Å². The monoisotopic (exact) mass is 546 g/mol. The molecule has 1 aliphatic rings. The summed E-state index contributed by atoms with van der Waals surface area (Å²) in [5.41, 5.74) is 8.71. The van der Waals surface area contributed by atoms with Crippen LogP contribution in [0.3, 0.4) is 0 Å². The third kappa shape index (κ3) is 5.96. The van der Waals surface area contributed by atoms with Crippen molar-refractivity contribution < 1.29 is 57.7 Å². The van der Waals surface area contributed by atoms with Gasteiger partial charge in [0.2, 0.25) is 0 Å². The number of rotatable bonds is 5. The SMILES string of the molecule is CC1=C(C)[C]([Ti+3])(C[SiH](c2ccccc2)c2ccccc2)C(c2ccc(C)cc2)=C1C.[Cl-].[Cl-].[Cl-]. The first-order valence-corrected chi connectivity index (χ1v) is 13.5. The summed E-state index contributed by atoms with van der Waals surface area (Å²) in [5.74, 6) is 0. The first-order valence-electron chi connectivity index (χ1n) is 10.7. The molecule has 1 aliphatic carbocycles. The van der Waals surface area contributed by atoms with Crippen molar-refractivity contribution in [2.75, 3.05) is 0 Å².